The van der Waals surface area contributed by atoms with E-state index in [-0.39, 0.29) is 22.4 Å². The number of rotatable bonds is 5. The molecular formula is C34H38Cl2FN3O4. The maximum atomic E-state index is 16.3. The lowest BCUT2D eigenvalue weighted by molar-refractivity contribution is -0.157. The summed E-state index contributed by atoms with van der Waals surface area (Å²) >= 11 is 12.8. The van der Waals surface area contributed by atoms with Gasteiger partial charge in [-0.05, 0) is 87.2 Å². The molecule has 0 unspecified atom stereocenters. The van der Waals surface area contributed by atoms with Crippen molar-refractivity contribution in [3.8, 4) is 0 Å². The molecule has 8 rings (SSSR count). The molecule has 4 aliphatic carbocycles. The highest BCUT2D eigenvalue weighted by atomic mass is 35.5. The largest absolute Gasteiger partial charge is 0.481 e. The fourth-order valence-corrected chi connectivity index (χ4v) is 10.4. The molecular weight excluding hydrogens is 604 g/mol. The van der Waals surface area contributed by atoms with Crippen LogP contribution in [0.1, 0.15) is 94.6 Å². The number of hydrogen-bond acceptors (Lipinski definition) is 4. The molecule has 3 N–H and O–H groups in total. The van der Waals surface area contributed by atoms with Gasteiger partial charge in [0.05, 0.1) is 16.5 Å². The zero-order valence-electron chi connectivity index (χ0n) is 24.9. The van der Waals surface area contributed by atoms with Crippen LogP contribution in [0, 0.1) is 11.2 Å². The fraction of sp³-hybridized carbons (Fsp3) is 0.559. The van der Waals surface area contributed by atoms with Gasteiger partial charge in [-0.15, -0.1) is 0 Å². The van der Waals surface area contributed by atoms with Crippen molar-refractivity contribution >= 4 is 46.7 Å². The molecule has 2 amide bonds. The van der Waals surface area contributed by atoms with E-state index in [4.69, 9.17) is 23.2 Å². The predicted octanol–water partition coefficient (Wildman–Crippen LogP) is 6.81. The van der Waals surface area contributed by atoms with Crippen LogP contribution >= 0.6 is 23.2 Å². The van der Waals surface area contributed by atoms with E-state index in [0.717, 1.165) is 24.8 Å². The molecule has 3 atom stereocenters. The van der Waals surface area contributed by atoms with Crippen LogP contribution in [0.4, 0.5) is 10.1 Å². The second kappa shape index (κ2) is 10.4. The van der Waals surface area contributed by atoms with Crippen molar-refractivity contribution in [1.29, 1.82) is 0 Å². The first-order chi connectivity index (χ1) is 21.0. The number of hydrogen-bond donors (Lipinski definition) is 3. The number of carboxylic acid groups (broad SMARTS) is 1. The SMILES string of the molecule is CCN1[C@@H](C(=O)N[C@]23CC[C@](C(=O)O)(CC2)CC3)[C@H](c2cccc(Cl)c2F)[C@]2(C(=O)Nc3cc(Cl)ccc32)C12CCCCC2. The summed E-state index contributed by atoms with van der Waals surface area (Å²) in [5, 5.41) is 16.9. The van der Waals surface area contributed by atoms with E-state index in [9.17, 15) is 19.5 Å². The van der Waals surface area contributed by atoms with Crippen molar-refractivity contribution in [1.82, 2.24) is 10.2 Å². The van der Waals surface area contributed by atoms with E-state index < -0.39 is 45.7 Å². The quantitative estimate of drug-likeness (QED) is 0.333. The van der Waals surface area contributed by atoms with Crippen LogP contribution in [0.5, 0.6) is 0 Å². The second-order valence-corrected chi connectivity index (χ2v) is 14.6. The zero-order chi connectivity index (χ0) is 31.1. The summed E-state index contributed by atoms with van der Waals surface area (Å²) in [5.74, 6) is -2.72. The first-order valence-electron chi connectivity index (χ1n) is 15.9. The molecule has 0 aromatic heterocycles. The summed E-state index contributed by atoms with van der Waals surface area (Å²) in [7, 11) is 0. The molecule has 2 heterocycles. The minimum Gasteiger partial charge on any atom is -0.481 e. The maximum absolute atomic E-state index is 16.3. The van der Waals surface area contributed by atoms with Gasteiger partial charge in [-0.2, -0.15) is 0 Å². The number of benzene rings is 2. The van der Waals surface area contributed by atoms with E-state index in [1.807, 2.05) is 13.0 Å². The average Bonchev–Trinajstić information content (AvgIpc) is 3.44. The Labute approximate surface area is 266 Å². The molecule has 1 saturated heterocycles. The van der Waals surface area contributed by atoms with E-state index in [1.54, 1.807) is 24.3 Å². The summed E-state index contributed by atoms with van der Waals surface area (Å²) in [5.41, 5.74) is -1.67. The molecule has 0 radical (unpaired) electrons. The molecule has 6 aliphatic rings. The second-order valence-electron chi connectivity index (χ2n) is 13.8. The minimum absolute atomic E-state index is 0.0534. The highest BCUT2D eigenvalue weighted by Gasteiger charge is 2.75. The van der Waals surface area contributed by atoms with Crippen LogP contribution in [-0.4, -0.2) is 51.5 Å². The number of nitrogens with one attached hydrogen (secondary N) is 2. The smallest absolute Gasteiger partial charge is 0.309 e. The highest BCUT2D eigenvalue weighted by Crippen LogP contribution is 2.66. The predicted molar refractivity (Wildman–Crippen MR) is 167 cm³/mol. The fourth-order valence-electron chi connectivity index (χ4n) is 10.1. The van der Waals surface area contributed by atoms with Crippen LogP contribution < -0.4 is 10.6 Å². The number of fused-ring (bicyclic) bond motifs is 6. The molecule has 234 valence electrons. The molecule has 2 aromatic carbocycles. The van der Waals surface area contributed by atoms with Crippen molar-refractivity contribution in [3.63, 3.8) is 0 Å². The molecule has 5 fully saturated rings. The number of anilines is 1. The Kier molecular flexibility index (Phi) is 7.11. The van der Waals surface area contributed by atoms with Crippen LogP contribution in [0.25, 0.3) is 0 Å². The number of carbonyl (C=O) groups is 3. The Morgan fingerprint density at radius 3 is 2.34 bits per heavy atom. The van der Waals surface area contributed by atoms with Gasteiger partial charge in [-0.1, -0.05) is 67.6 Å². The number of amides is 2. The highest BCUT2D eigenvalue weighted by molar-refractivity contribution is 6.31. The van der Waals surface area contributed by atoms with Gasteiger partial charge in [0.25, 0.3) is 0 Å². The van der Waals surface area contributed by atoms with Crippen molar-refractivity contribution in [2.75, 3.05) is 11.9 Å². The van der Waals surface area contributed by atoms with Gasteiger partial charge in [0.2, 0.25) is 11.8 Å². The summed E-state index contributed by atoms with van der Waals surface area (Å²) in [6, 6.07) is 9.38. The molecule has 7 nitrogen and oxygen atoms in total. The lowest BCUT2D eigenvalue weighted by Crippen LogP contribution is -2.63. The summed E-state index contributed by atoms with van der Waals surface area (Å²) in [6.07, 6.45) is 7.45. The normalized spacial score (nSPS) is 33.9. The zero-order valence-corrected chi connectivity index (χ0v) is 26.4. The number of likely N-dealkylation sites (N-methyl/N-ethyl adjacent to an activating group) is 1. The number of halogens is 3. The molecule has 44 heavy (non-hydrogen) atoms. The van der Waals surface area contributed by atoms with E-state index >= 15 is 4.39 Å². The Hall–Kier alpha value is -2.68. The Bertz CT molecular complexity index is 1530. The summed E-state index contributed by atoms with van der Waals surface area (Å²) < 4.78 is 16.3. The lowest BCUT2D eigenvalue weighted by Gasteiger charge is -2.52. The molecule has 2 bridgehead atoms. The maximum Gasteiger partial charge on any atom is 0.309 e. The van der Waals surface area contributed by atoms with Crippen LogP contribution in [0.15, 0.2) is 36.4 Å². The monoisotopic (exact) mass is 641 g/mol. The first-order valence-corrected chi connectivity index (χ1v) is 16.7. The Morgan fingerprint density at radius 1 is 1.02 bits per heavy atom. The van der Waals surface area contributed by atoms with Gasteiger partial charge in [0, 0.05) is 27.7 Å². The molecule has 2 aromatic rings. The number of likely N-dealkylation sites (tertiary alicyclic amines) is 1. The molecule has 4 saturated carbocycles. The van der Waals surface area contributed by atoms with Crippen LogP contribution in [-0.2, 0) is 19.8 Å². The van der Waals surface area contributed by atoms with Gasteiger partial charge in [-0.3, -0.25) is 19.3 Å². The third kappa shape index (κ3) is 3.92. The third-order valence-electron chi connectivity index (χ3n) is 12.1. The van der Waals surface area contributed by atoms with Crippen molar-refractivity contribution in [2.45, 2.75) is 106 Å². The Morgan fingerprint density at radius 2 is 1.70 bits per heavy atom. The molecule has 10 heteroatoms. The van der Waals surface area contributed by atoms with Gasteiger partial charge in [-0.25, -0.2) is 4.39 Å². The number of carbonyl (C=O) groups excluding carboxylic acids is 2. The van der Waals surface area contributed by atoms with Gasteiger partial charge in [0.1, 0.15) is 11.2 Å². The molecule has 2 spiro atoms. The van der Waals surface area contributed by atoms with Gasteiger partial charge >= 0.3 is 5.97 Å². The van der Waals surface area contributed by atoms with Gasteiger partial charge in [0.15, 0.2) is 0 Å². The first kappa shape index (κ1) is 30.0. The molecule has 2 aliphatic heterocycles. The van der Waals surface area contributed by atoms with Crippen molar-refractivity contribution in [2.24, 2.45) is 5.41 Å². The summed E-state index contributed by atoms with van der Waals surface area (Å²) in [6.45, 7) is 2.50. The van der Waals surface area contributed by atoms with Crippen molar-refractivity contribution in [3.05, 3.63) is 63.4 Å². The number of nitrogens with zero attached hydrogens (tertiary/aromatic N) is 1. The van der Waals surface area contributed by atoms with Crippen LogP contribution in [0.2, 0.25) is 10.0 Å². The lowest BCUT2D eigenvalue weighted by atomic mass is 9.55. The van der Waals surface area contributed by atoms with E-state index in [1.165, 1.54) is 6.07 Å². The Balaban J connectivity index is 1.42. The third-order valence-corrected chi connectivity index (χ3v) is 12.6. The summed E-state index contributed by atoms with van der Waals surface area (Å²) in [4.78, 5) is 43.9. The standard InChI is InChI=1S/C34H38Cl2FN3O4/c1-2-40-27(28(41)39-32-16-13-31(14-17-32,15-18-32)30(43)44)25(21-7-6-8-23(36)26(21)37)34(33(40)11-4-3-5-12-33)22-10-9-20(35)19-24(22)38-29(34)42/h6-10,19,25,27H,2-5,11-18H2,1H3,(H,38,42)(H,39,41)(H,43,44)/t25-,27+,31-,32+,34+/m0/s1. The van der Waals surface area contributed by atoms with E-state index in [2.05, 4.69) is 15.5 Å². The van der Waals surface area contributed by atoms with E-state index in [0.29, 0.717) is 68.6 Å². The number of aliphatic carboxylic acids is 1. The van der Waals surface area contributed by atoms with Crippen LogP contribution in [0.3, 0.4) is 0 Å². The topological polar surface area (TPSA) is 98.7 Å². The number of carboxylic acids is 1. The van der Waals surface area contributed by atoms with Gasteiger partial charge < -0.3 is 15.7 Å². The van der Waals surface area contributed by atoms with Crippen molar-refractivity contribution < 1.29 is 23.9 Å². The minimum atomic E-state index is -1.27. The average molecular weight is 643 g/mol.